The lowest BCUT2D eigenvalue weighted by Crippen LogP contribution is -2.12. The molecule has 2 nitrogen and oxygen atoms in total. The fourth-order valence-electron chi connectivity index (χ4n) is 1.69. The first-order chi connectivity index (χ1) is 10.0. The van der Waals surface area contributed by atoms with Crippen LogP contribution in [0.5, 0.6) is 11.5 Å². The SMILES string of the molecule is Cc1ccccc1OCCOc1c(F)c(F)cc(F)c1F. The van der Waals surface area contributed by atoms with E-state index in [1.165, 1.54) is 0 Å². The third kappa shape index (κ3) is 3.45. The minimum atomic E-state index is -1.57. The van der Waals surface area contributed by atoms with Gasteiger partial charge in [0, 0.05) is 6.07 Å². The van der Waals surface area contributed by atoms with Crippen molar-refractivity contribution in [2.24, 2.45) is 0 Å². The summed E-state index contributed by atoms with van der Waals surface area (Å²) in [5.41, 5.74) is 0.881. The average Bonchev–Trinajstić information content (AvgIpc) is 2.46. The standard InChI is InChI=1S/C15H12F4O2/c1-9-4-2-3-5-12(9)20-6-7-21-15-13(18)10(16)8-11(17)14(15)19/h2-5,8H,6-7H2,1H3. The van der Waals surface area contributed by atoms with Crippen LogP contribution in [0, 0.1) is 30.2 Å². The van der Waals surface area contributed by atoms with Crippen LogP contribution >= 0.6 is 0 Å². The van der Waals surface area contributed by atoms with Gasteiger partial charge in [-0.05, 0) is 18.6 Å². The van der Waals surface area contributed by atoms with Crippen LogP contribution in [0.3, 0.4) is 0 Å². The minimum absolute atomic E-state index is 0.0259. The second-order valence-electron chi connectivity index (χ2n) is 4.26. The third-order valence-corrected chi connectivity index (χ3v) is 2.75. The topological polar surface area (TPSA) is 18.5 Å². The Morgan fingerprint density at radius 1 is 0.857 bits per heavy atom. The number of hydrogen-bond acceptors (Lipinski definition) is 2. The smallest absolute Gasteiger partial charge is 0.203 e. The molecule has 2 rings (SSSR count). The molecule has 0 aliphatic heterocycles. The van der Waals surface area contributed by atoms with Crippen LogP contribution in [0.4, 0.5) is 17.6 Å². The van der Waals surface area contributed by atoms with E-state index in [1.54, 1.807) is 12.1 Å². The van der Waals surface area contributed by atoms with E-state index in [4.69, 9.17) is 9.47 Å². The van der Waals surface area contributed by atoms with E-state index >= 15 is 0 Å². The molecule has 0 aliphatic carbocycles. The molecule has 6 heteroatoms. The molecule has 21 heavy (non-hydrogen) atoms. The van der Waals surface area contributed by atoms with Gasteiger partial charge in [0.05, 0.1) is 0 Å². The van der Waals surface area contributed by atoms with Crippen LogP contribution in [0.2, 0.25) is 0 Å². The Labute approximate surface area is 118 Å². The summed E-state index contributed by atoms with van der Waals surface area (Å²) < 4.78 is 62.6. The van der Waals surface area contributed by atoms with Gasteiger partial charge in [0.15, 0.2) is 17.4 Å². The first kappa shape index (κ1) is 15.2. The second-order valence-corrected chi connectivity index (χ2v) is 4.26. The Morgan fingerprint density at radius 2 is 1.43 bits per heavy atom. The molecule has 0 aromatic heterocycles. The van der Waals surface area contributed by atoms with Crippen LogP contribution in [0.15, 0.2) is 30.3 Å². The lowest BCUT2D eigenvalue weighted by Gasteiger charge is -2.11. The van der Waals surface area contributed by atoms with Gasteiger partial charge in [-0.15, -0.1) is 0 Å². The zero-order valence-corrected chi connectivity index (χ0v) is 11.1. The number of para-hydroxylation sites is 1. The van der Waals surface area contributed by atoms with Crippen molar-refractivity contribution in [3.8, 4) is 11.5 Å². The van der Waals surface area contributed by atoms with E-state index in [0.29, 0.717) is 5.75 Å². The normalized spacial score (nSPS) is 10.5. The van der Waals surface area contributed by atoms with Gasteiger partial charge in [-0.25, -0.2) is 8.78 Å². The molecular weight excluding hydrogens is 288 g/mol. The lowest BCUT2D eigenvalue weighted by molar-refractivity contribution is 0.200. The fourth-order valence-corrected chi connectivity index (χ4v) is 1.69. The van der Waals surface area contributed by atoms with Crippen molar-refractivity contribution >= 4 is 0 Å². The van der Waals surface area contributed by atoms with Crippen LogP contribution in [-0.4, -0.2) is 13.2 Å². The summed E-state index contributed by atoms with van der Waals surface area (Å²) in [4.78, 5) is 0. The number of hydrogen-bond donors (Lipinski definition) is 0. The summed E-state index contributed by atoms with van der Waals surface area (Å²) >= 11 is 0. The van der Waals surface area contributed by atoms with E-state index < -0.39 is 29.0 Å². The molecule has 2 aromatic rings. The molecule has 2 aromatic carbocycles. The highest BCUT2D eigenvalue weighted by Gasteiger charge is 2.20. The van der Waals surface area contributed by atoms with Gasteiger partial charge < -0.3 is 9.47 Å². The Balaban J connectivity index is 1.97. The molecule has 0 spiro atoms. The molecule has 0 N–H and O–H groups in total. The van der Waals surface area contributed by atoms with E-state index in [-0.39, 0.29) is 19.3 Å². The van der Waals surface area contributed by atoms with E-state index in [1.807, 2.05) is 19.1 Å². The summed E-state index contributed by atoms with van der Waals surface area (Å²) in [5.74, 6) is -6.64. The van der Waals surface area contributed by atoms with Crippen LogP contribution in [-0.2, 0) is 0 Å². The van der Waals surface area contributed by atoms with Crippen molar-refractivity contribution in [1.82, 2.24) is 0 Å². The second kappa shape index (κ2) is 6.47. The summed E-state index contributed by atoms with van der Waals surface area (Å²) in [6.45, 7) is 1.55. The summed E-state index contributed by atoms with van der Waals surface area (Å²) in [5, 5.41) is 0. The number of benzene rings is 2. The Hall–Kier alpha value is -2.24. The van der Waals surface area contributed by atoms with Gasteiger partial charge in [-0.1, -0.05) is 18.2 Å². The van der Waals surface area contributed by atoms with Gasteiger partial charge >= 0.3 is 0 Å². The van der Waals surface area contributed by atoms with E-state index in [0.717, 1.165) is 5.56 Å². The van der Waals surface area contributed by atoms with Crippen molar-refractivity contribution in [2.75, 3.05) is 13.2 Å². The van der Waals surface area contributed by atoms with Gasteiger partial charge in [0.1, 0.15) is 19.0 Å². The quantitative estimate of drug-likeness (QED) is 0.472. The van der Waals surface area contributed by atoms with Crippen molar-refractivity contribution in [2.45, 2.75) is 6.92 Å². The Kier molecular flexibility index (Phi) is 4.67. The molecule has 0 amide bonds. The van der Waals surface area contributed by atoms with Gasteiger partial charge in [0.25, 0.3) is 0 Å². The Morgan fingerprint density at radius 3 is 2.05 bits per heavy atom. The number of halogens is 4. The number of aryl methyl sites for hydroxylation is 1. The molecule has 0 atom stereocenters. The lowest BCUT2D eigenvalue weighted by atomic mass is 10.2. The molecular formula is C15H12F4O2. The maximum Gasteiger partial charge on any atom is 0.203 e. The first-order valence-corrected chi connectivity index (χ1v) is 6.15. The molecule has 0 heterocycles. The van der Waals surface area contributed by atoms with Crippen molar-refractivity contribution < 1.29 is 27.0 Å². The van der Waals surface area contributed by atoms with Crippen LogP contribution in [0.1, 0.15) is 5.56 Å². The highest BCUT2D eigenvalue weighted by molar-refractivity contribution is 5.31. The summed E-state index contributed by atoms with van der Waals surface area (Å²) in [6.07, 6.45) is 0. The predicted molar refractivity (Wildman–Crippen MR) is 68.4 cm³/mol. The van der Waals surface area contributed by atoms with Crippen molar-refractivity contribution in [3.63, 3.8) is 0 Å². The molecule has 112 valence electrons. The van der Waals surface area contributed by atoms with Crippen molar-refractivity contribution in [3.05, 3.63) is 59.2 Å². The molecule has 0 saturated carbocycles. The third-order valence-electron chi connectivity index (χ3n) is 2.75. The van der Waals surface area contributed by atoms with Crippen LogP contribution < -0.4 is 9.47 Å². The predicted octanol–water partition coefficient (Wildman–Crippen LogP) is 4.01. The average molecular weight is 300 g/mol. The maximum absolute atomic E-state index is 13.3. The minimum Gasteiger partial charge on any atom is -0.490 e. The molecule has 0 fully saturated rings. The first-order valence-electron chi connectivity index (χ1n) is 6.15. The van der Waals surface area contributed by atoms with Gasteiger partial charge in [-0.2, -0.15) is 8.78 Å². The summed E-state index contributed by atoms with van der Waals surface area (Å²) in [7, 11) is 0. The molecule has 0 aliphatic rings. The Bertz CT molecular complexity index is 618. The molecule has 0 unspecified atom stereocenters. The number of rotatable bonds is 5. The molecule has 0 saturated heterocycles. The van der Waals surface area contributed by atoms with Crippen LogP contribution in [0.25, 0.3) is 0 Å². The molecule has 0 radical (unpaired) electrons. The van der Waals surface area contributed by atoms with Gasteiger partial charge in [0.2, 0.25) is 11.6 Å². The highest BCUT2D eigenvalue weighted by Crippen LogP contribution is 2.26. The zero-order valence-electron chi connectivity index (χ0n) is 11.1. The van der Waals surface area contributed by atoms with E-state index in [2.05, 4.69) is 0 Å². The largest absolute Gasteiger partial charge is 0.490 e. The van der Waals surface area contributed by atoms with Crippen molar-refractivity contribution in [1.29, 1.82) is 0 Å². The highest BCUT2D eigenvalue weighted by atomic mass is 19.2. The summed E-state index contributed by atoms with van der Waals surface area (Å²) in [6, 6.07) is 7.28. The maximum atomic E-state index is 13.3. The molecule has 0 bridgehead atoms. The monoisotopic (exact) mass is 300 g/mol. The zero-order chi connectivity index (χ0) is 15.4. The fraction of sp³-hybridized carbons (Fsp3) is 0.200. The number of ether oxygens (including phenoxy) is 2. The van der Waals surface area contributed by atoms with Gasteiger partial charge in [-0.3, -0.25) is 0 Å². The van der Waals surface area contributed by atoms with E-state index in [9.17, 15) is 17.6 Å².